The van der Waals surface area contributed by atoms with Crippen molar-refractivity contribution in [2.45, 2.75) is 12.5 Å². The van der Waals surface area contributed by atoms with Crippen molar-refractivity contribution in [1.82, 2.24) is 5.32 Å². The summed E-state index contributed by atoms with van der Waals surface area (Å²) in [6.45, 7) is 0. The van der Waals surface area contributed by atoms with Crippen LogP contribution in [0.1, 0.15) is 16.5 Å². The molecule has 0 radical (unpaired) electrons. The summed E-state index contributed by atoms with van der Waals surface area (Å²) in [6.07, 6.45) is 0.707. The minimum atomic E-state index is -0.845. The van der Waals surface area contributed by atoms with Gasteiger partial charge in [0.2, 0.25) is 0 Å². The molecule has 0 amide bonds. The van der Waals surface area contributed by atoms with Gasteiger partial charge in [-0.1, -0.05) is 6.07 Å². The molecule has 0 aliphatic heterocycles. The Morgan fingerprint density at radius 1 is 1.26 bits per heavy atom. The first-order valence-electron chi connectivity index (χ1n) is 5.57. The second kappa shape index (κ2) is 6.43. The largest absolute Gasteiger partial charge is 0.313 e. The van der Waals surface area contributed by atoms with Gasteiger partial charge in [-0.15, -0.1) is 11.3 Å². The highest BCUT2D eigenvalue weighted by Gasteiger charge is 2.19. The summed E-state index contributed by atoms with van der Waals surface area (Å²) in [6, 6.07) is 4.65. The van der Waals surface area contributed by atoms with Crippen LogP contribution in [0.5, 0.6) is 0 Å². The first-order chi connectivity index (χ1) is 9.04. The van der Waals surface area contributed by atoms with Crippen LogP contribution in [-0.2, 0) is 6.42 Å². The number of hydrogen-bond acceptors (Lipinski definition) is 2. The van der Waals surface area contributed by atoms with Gasteiger partial charge < -0.3 is 5.32 Å². The molecule has 0 bridgehead atoms. The van der Waals surface area contributed by atoms with E-state index in [-0.39, 0.29) is 10.5 Å². The normalized spacial score (nSPS) is 12.7. The van der Waals surface area contributed by atoms with E-state index in [1.807, 2.05) is 11.4 Å². The number of benzene rings is 1. The third kappa shape index (κ3) is 3.24. The summed E-state index contributed by atoms with van der Waals surface area (Å²) in [5.41, 5.74) is 0.710. The summed E-state index contributed by atoms with van der Waals surface area (Å²) in [4.78, 5) is 1.16. The van der Waals surface area contributed by atoms with Gasteiger partial charge in [0.05, 0.1) is 4.47 Å². The molecule has 102 valence electrons. The van der Waals surface area contributed by atoms with Crippen LogP contribution < -0.4 is 5.32 Å². The van der Waals surface area contributed by atoms with Gasteiger partial charge in [0.1, 0.15) is 0 Å². The van der Waals surface area contributed by atoms with Crippen molar-refractivity contribution in [3.63, 3.8) is 0 Å². The zero-order chi connectivity index (χ0) is 14.0. The molecule has 0 aliphatic carbocycles. The van der Waals surface area contributed by atoms with Gasteiger partial charge in [0, 0.05) is 21.8 Å². The van der Waals surface area contributed by atoms with E-state index >= 15 is 0 Å². The minimum Gasteiger partial charge on any atom is -0.313 e. The molecule has 2 aromatic rings. The summed E-state index contributed by atoms with van der Waals surface area (Å²) in [5.74, 6) is -1.69. The third-order valence-electron chi connectivity index (χ3n) is 2.87. The van der Waals surface area contributed by atoms with Crippen LogP contribution in [0.4, 0.5) is 8.78 Å². The van der Waals surface area contributed by atoms with Crippen LogP contribution in [-0.4, -0.2) is 7.05 Å². The molecule has 1 atom stereocenters. The van der Waals surface area contributed by atoms with E-state index in [1.54, 1.807) is 24.5 Å². The molecule has 19 heavy (non-hydrogen) atoms. The fraction of sp³-hybridized carbons (Fsp3) is 0.231. The lowest BCUT2D eigenvalue weighted by Gasteiger charge is -2.18. The van der Waals surface area contributed by atoms with Crippen LogP contribution in [0, 0.1) is 11.6 Å². The van der Waals surface area contributed by atoms with E-state index in [2.05, 4.69) is 37.2 Å². The van der Waals surface area contributed by atoms with E-state index in [0.717, 1.165) is 15.4 Å². The molecule has 1 heterocycles. The molecule has 2 rings (SSSR count). The lowest BCUT2D eigenvalue weighted by atomic mass is 10.0. The van der Waals surface area contributed by atoms with E-state index in [9.17, 15) is 8.78 Å². The smallest absolute Gasteiger partial charge is 0.173 e. The van der Waals surface area contributed by atoms with Gasteiger partial charge in [-0.3, -0.25) is 0 Å². The second-order valence-corrected chi connectivity index (χ2v) is 6.65. The monoisotopic (exact) mass is 409 g/mol. The van der Waals surface area contributed by atoms with Gasteiger partial charge in [0.25, 0.3) is 0 Å². The fourth-order valence-corrected chi connectivity index (χ4v) is 3.99. The average Bonchev–Trinajstić information content (AvgIpc) is 2.80. The molecular formula is C13H11Br2F2NS. The van der Waals surface area contributed by atoms with Gasteiger partial charge in [-0.05, 0) is 62.0 Å². The first-order valence-corrected chi connectivity index (χ1v) is 8.03. The molecule has 0 saturated heterocycles. The molecule has 1 aromatic heterocycles. The Balaban J connectivity index is 2.33. The standard InChI is InChI=1S/C13H11Br2F2NS/c1-18-10(6-11-8(14)4-5-19-11)7-2-3-9(16)13(17)12(7)15/h2-5,10,18H,6H2,1H3. The Morgan fingerprint density at radius 2 is 2.00 bits per heavy atom. The highest BCUT2D eigenvalue weighted by molar-refractivity contribution is 9.10. The lowest BCUT2D eigenvalue weighted by Crippen LogP contribution is -2.19. The van der Waals surface area contributed by atoms with Crippen molar-refractivity contribution in [1.29, 1.82) is 0 Å². The molecule has 0 aliphatic rings. The highest BCUT2D eigenvalue weighted by Crippen LogP contribution is 2.32. The second-order valence-electron chi connectivity index (χ2n) is 4.00. The van der Waals surface area contributed by atoms with Gasteiger partial charge in [-0.25, -0.2) is 8.78 Å². The number of rotatable bonds is 4. The Morgan fingerprint density at radius 3 is 2.58 bits per heavy atom. The van der Waals surface area contributed by atoms with E-state index in [1.165, 1.54) is 0 Å². The van der Waals surface area contributed by atoms with Crippen molar-refractivity contribution in [2.24, 2.45) is 0 Å². The molecule has 1 aromatic carbocycles. The van der Waals surface area contributed by atoms with E-state index in [4.69, 9.17) is 0 Å². The zero-order valence-corrected chi connectivity index (χ0v) is 14.0. The van der Waals surface area contributed by atoms with E-state index < -0.39 is 11.6 Å². The topological polar surface area (TPSA) is 12.0 Å². The predicted molar refractivity (Wildman–Crippen MR) is 81.6 cm³/mol. The predicted octanol–water partition coefficient (Wildman–Crippen LogP) is 5.05. The number of halogens is 4. The first kappa shape index (κ1) is 15.1. The van der Waals surface area contributed by atoms with Crippen LogP contribution >= 0.6 is 43.2 Å². The van der Waals surface area contributed by atoms with Crippen molar-refractivity contribution in [3.8, 4) is 0 Å². The highest BCUT2D eigenvalue weighted by atomic mass is 79.9. The van der Waals surface area contributed by atoms with E-state index in [0.29, 0.717) is 12.0 Å². The molecule has 1 unspecified atom stereocenters. The van der Waals surface area contributed by atoms with Crippen molar-refractivity contribution in [2.75, 3.05) is 7.05 Å². The maximum absolute atomic E-state index is 13.6. The van der Waals surface area contributed by atoms with Crippen molar-refractivity contribution in [3.05, 3.63) is 54.6 Å². The van der Waals surface area contributed by atoms with Crippen LogP contribution in [0.2, 0.25) is 0 Å². The van der Waals surface area contributed by atoms with Gasteiger partial charge in [-0.2, -0.15) is 0 Å². The van der Waals surface area contributed by atoms with Crippen molar-refractivity contribution >= 4 is 43.2 Å². The van der Waals surface area contributed by atoms with Crippen LogP contribution in [0.15, 0.2) is 32.5 Å². The number of nitrogens with one attached hydrogen (secondary N) is 1. The fourth-order valence-electron chi connectivity index (χ4n) is 1.83. The molecule has 1 nitrogen and oxygen atoms in total. The molecular weight excluding hydrogens is 400 g/mol. The molecule has 0 fully saturated rings. The summed E-state index contributed by atoms with van der Waals surface area (Å²) in [5, 5.41) is 5.13. The molecule has 6 heteroatoms. The number of thiophene rings is 1. The molecule has 0 saturated carbocycles. The average molecular weight is 411 g/mol. The Labute approximate surface area is 131 Å². The summed E-state index contributed by atoms with van der Waals surface area (Å²) < 4.78 is 27.9. The van der Waals surface area contributed by atoms with Crippen LogP contribution in [0.25, 0.3) is 0 Å². The zero-order valence-electron chi connectivity index (χ0n) is 10.0. The SMILES string of the molecule is CNC(Cc1sccc1Br)c1ccc(F)c(F)c1Br. The quantitative estimate of drug-likeness (QED) is 0.695. The van der Waals surface area contributed by atoms with Gasteiger partial charge >= 0.3 is 0 Å². The molecule has 1 N–H and O–H groups in total. The van der Waals surface area contributed by atoms with Crippen LogP contribution in [0.3, 0.4) is 0 Å². The Bertz CT molecular complexity index is 586. The van der Waals surface area contributed by atoms with Gasteiger partial charge in [0.15, 0.2) is 11.6 Å². The maximum Gasteiger partial charge on any atom is 0.173 e. The number of likely N-dealkylation sites (N-methyl/N-ethyl adjacent to an activating group) is 1. The summed E-state index contributed by atoms with van der Waals surface area (Å²) in [7, 11) is 1.81. The molecule has 0 spiro atoms. The minimum absolute atomic E-state index is 0.0839. The Kier molecular flexibility index (Phi) is 5.11. The summed E-state index contributed by atoms with van der Waals surface area (Å²) >= 11 is 8.24. The number of hydrogen-bond donors (Lipinski definition) is 1. The lowest BCUT2D eigenvalue weighted by molar-refractivity contribution is 0.495. The Hall–Kier alpha value is -0.300. The third-order valence-corrected chi connectivity index (χ3v) is 5.62. The maximum atomic E-state index is 13.6. The van der Waals surface area contributed by atoms with Crippen molar-refractivity contribution < 1.29 is 8.78 Å².